The molecule has 9 heteroatoms. The summed E-state index contributed by atoms with van der Waals surface area (Å²) in [6.07, 6.45) is 16.4. The summed E-state index contributed by atoms with van der Waals surface area (Å²) >= 11 is 0. The molecule has 52 heavy (non-hydrogen) atoms. The number of hydrogen-bond acceptors (Lipinski definition) is 6. The van der Waals surface area contributed by atoms with Crippen LogP contribution in [0.1, 0.15) is 101 Å². The summed E-state index contributed by atoms with van der Waals surface area (Å²) < 4.78 is 32.2. The molecule has 1 heterocycles. The van der Waals surface area contributed by atoms with Crippen LogP contribution in [-0.2, 0) is 24.8 Å². The molecule has 0 saturated carbocycles. The van der Waals surface area contributed by atoms with Gasteiger partial charge in [0.25, 0.3) is 0 Å². The monoisotopic (exact) mass is 755 g/mol. The van der Waals surface area contributed by atoms with Gasteiger partial charge in [-0.05, 0) is 72.6 Å². The minimum absolute atomic E-state index is 0.0299. The molecule has 0 spiro atoms. The summed E-state index contributed by atoms with van der Waals surface area (Å²) in [5.74, 6) is 1.23. The second-order valence-electron chi connectivity index (χ2n) is 16.9. The van der Waals surface area contributed by atoms with E-state index in [-0.39, 0.29) is 41.6 Å². The second kappa shape index (κ2) is 20.3. The molecule has 1 N–H and O–H groups in total. The SMILES string of the molecule is COc1cc2c(OC)c(c1)NC(=O)C[C@@H](OC)/C=C/C=C/C=C/C[C@H](O[Si](C)(C)C(C)(C)C)[C@H](C)[C@@H](O[Si](C(C)C)(C(C)C)C(C)C)/C(C)=C\CC2. The zero-order chi connectivity index (χ0) is 39.4. The average molecular weight is 756 g/mol. The molecule has 0 radical (unpaired) electrons. The third-order valence-corrected chi connectivity index (χ3v) is 22.0. The maximum Gasteiger partial charge on any atom is 0.227 e. The van der Waals surface area contributed by atoms with Crippen molar-refractivity contribution < 1.29 is 27.9 Å². The van der Waals surface area contributed by atoms with Crippen LogP contribution >= 0.6 is 0 Å². The Bertz CT molecular complexity index is 1380. The summed E-state index contributed by atoms with van der Waals surface area (Å²) in [6, 6.07) is 3.81. The molecular formula is C43H73NO6Si2. The first-order chi connectivity index (χ1) is 24.2. The molecule has 4 atom stereocenters. The summed E-state index contributed by atoms with van der Waals surface area (Å²) in [7, 11) is 0.494. The van der Waals surface area contributed by atoms with Gasteiger partial charge in [-0.25, -0.2) is 0 Å². The van der Waals surface area contributed by atoms with E-state index >= 15 is 0 Å². The molecule has 1 aromatic rings. The molecular weight excluding hydrogens is 683 g/mol. The molecule has 0 aliphatic carbocycles. The van der Waals surface area contributed by atoms with Crippen molar-refractivity contribution in [3.63, 3.8) is 0 Å². The number of aryl methyl sites for hydroxylation is 1. The number of carbonyl (C=O) groups is 1. The van der Waals surface area contributed by atoms with Crippen LogP contribution in [0, 0.1) is 5.92 Å². The van der Waals surface area contributed by atoms with Crippen molar-refractivity contribution in [1.29, 1.82) is 0 Å². The first-order valence-corrected chi connectivity index (χ1v) is 24.4. The van der Waals surface area contributed by atoms with E-state index < -0.39 is 16.6 Å². The maximum atomic E-state index is 13.2. The lowest BCUT2D eigenvalue weighted by molar-refractivity contribution is -0.117. The Balaban J connectivity index is 2.81. The number of fused-ring (bicyclic) bond motifs is 2. The van der Waals surface area contributed by atoms with Crippen LogP contribution in [0.25, 0.3) is 0 Å². The van der Waals surface area contributed by atoms with Crippen molar-refractivity contribution >= 4 is 28.2 Å². The Morgan fingerprint density at radius 3 is 2.02 bits per heavy atom. The Morgan fingerprint density at radius 2 is 1.48 bits per heavy atom. The third-order valence-electron chi connectivity index (χ3n) is 11.4. The van der Waals surface area contributed by atoms with E-state index in [0.717, 1.165) is 18.4 Å². The zero-order valence-electron chi connectivity index (χ0n) is 35.5. The van der Waals surface area contributed by atoms with Crippen LogP contribution in [-0.4, -0.2) is 62.2 Å². The van der Waals surface area contributed by atoms with E-state index in [1.54, 1.807) is 21.3 Å². The van der Waals surface area contributed by atoms with Gasteiger partial charge in [0.1, 0.15) is 11.5 Å². The molecule has 0 fully saturated rings. The lowest BCUT2D eigenvalue weighted by Gasteiger charge is -2.48. The van der Waals surface area contributed by atoms with Crippen LogP contribution in [0.3, 0.4) is 0 Å². The molecule has 2 rings (SSSR count). The van der Waals surface area contributed by atoms with Crippen molar-refractivity contribution in [3.05, 3.63) is 65.8 Å². The van der Waals surface area contributed by atoms with Crippen molar-refractivity contribution in [1.82, 2.24) is 0 Å². The Hall–Kier alpha value is -2.44. The highest BCUT2D eigenvalue weighted by atomic mass is 28.4. The number of hydrogen-bond donors (Lipinski definition) is 1. The van der Waals surface area contributed by atoms with Gasteiger partial charge in [0, 0.05) is 24.7 Å². The van der Waals surface area contributed by atoms with Crippen LogP contribution < -0.4 is 14.8 Å². The van der Waals surface area contributed by atoms with Crippen LogP contribution in [0.2, 0.25) is 34.8 Å². The van der Waals surface area contributed by atoms with Gasteiger partial charge in [0.05, 0.1) is 44.6 Å². The van der Waals surface area contributed by atoms with Crippen molar-refractivity contribution in [2.24, 2.45) is 5.92 Å². The number of anilines is 1. The third kappa shape index (κ3) is 12.0. The first kappa shape index (κ1) is 45.7. The summed E-state index contributed by atoms with van der Waals surface area (Å²) in [5.41, 5.74) is 4.12. The summed E-state index contributed by atoms with van der Waals surface area (Å²) in [4.78, 5) is 13.2. The van der Waals surface area contributed by atoms with Crippen molar-refractivity contribution in [2.45, 2.75) is 155 Å². The van der Waals surface area contributed by atoms with Gasteiger partial charge in [-0.3, -0.25) is 4.79 Å². The molecule has 1 aromatic carbocycles. The Kier molecular flexibility index (Phi) is 17.9. The number of carbonyl (C=O) groups excluding carboxylic acids is 1. The van der Waals surface area contributed by atoms with Gasteiger partial charge >= 0.3 is 0 Å². The molecule has 7 nitrogen and oxygen atoms in total. The first-order valence-electron chi connectivity index (χ1n) is 19.3. The van der Waals surface area contributed by atoms with E-state index in [9.17, 15) is 4.79 Å². The van der Waals surface area contributed by atoms with Crippen LogP contribution in [0.4, 0.5) is 5.69 Å². The standard InChI is InChI=1S/C43H73NO6Si2/c1-30(2)52(31(3)4,32(5)6)50-41-33(7)23-22-24-35-27-37(47-13)28-38(42(35)48-14)44-40(45)29-36(46-12)25-20-18-17-19-21-26-39(34(41)8)49-51(15,16)43(9,10)11/h17-21,23,25,27-28,30-32,34,36,39,41H,22,24,26,29H2,1-16H3,(H,44,45)/b18-17+,21-19+,25-20+,33-23-/t34-,36-,39-,41-/m0/s1. The number of allylic oxidation sites excluding steroid dienone is 5. The normalized spacial score (nSPS) is 24.8. The van der Waals surface area contributed by atoms with E-state index in [1.165, 1.54) is 5.57 Å². The highest BCUT2D eigenvalue weighted by Crippen LogP contribution is 2.46. The van der Waals surface area contributed by atoms with Gasteiger partial charge in [-0.15, -0.1) is 0 Å². The number of rotatable bonds is 10. The quantitative estimate of drug-likeness (QED) is 0.189. The molecule has 0 saturated heterocycles. The molecule has 1 amide bonds. The van der Waals surface area contributed by atoms with E-state index in [2.05, 4.69) is 113 Å². The van der Waals surface area contributed by atoms with Crippen LogP contribution in [0.15, 0.2) is 60.2 Å². The lowest BCUT2D eigenvalue weighted by Crippen LogP contribution is -2.54. The maximum absolute atomic E-state index is 13.2. The lowest BCUT2D eigenvalue weighted by atomic mass is 9.90. The fourth-order valence-electron chi connectivity index (χ4n) is 7.45. The van der Waals surface area contributed by atoms with E-state index in [0.29, 0.717) is 40.2 Å². The highest BCUT2D eigenvalue weighted by molar-refractivity contribution is 6.77. The van der Waals surface area contributed by atoms with Gasteiger partial charge in [0.15, 0.2) is 8.32 Å². The number of methoxy groups -OCH3 is 3. The average Bonchev–Trinajstić information content (AvgIpc) is 3.05. The Labute approximate surface area is 319 Å². The molecule has 1 aliphatic heterocycles. The highest BCUT2D eigenvalue weighted by Gasteiger charge is 2.49. The zero-order valence-corrected chi connectivity index (χ0v) is 37.5. The second-order valence-corrected chi connectivity index (χ2v) is 27.1. The van der Waals surface area contributed by atoms with Crippen LogP contribution in [0.5, 0.6) is 11.5 Å². The fraction of sp³-hybridized carbons (Fsp3) is 0.651. The predicted molar refractivity (Wildman–Crippen MR) is 225 cm³/mol. The number of benzene rings is 1. The van der Waals surface area contributed by atoms with E-state index in [4.69, 9.17) is 23.1 Å². The molecule has 2 bridgehead atoms. The van der Waals surface area contributed by atoms with Crippen molar-refractivity contribution in [3.8, 4) is 11.5 Å². The largest absolute Gasteiger partial charge is 0.497 e. The number of nitrogens with one attached hydrogen (secondary N) is 1. The van der Waals surface area contributed by atoms with Crippen molar-refractivity contribution in [2.75, 3.05) is 26.6 Å². The molecule has 294 valence electrons. The topological polar surface area (TPSA) is 75.3 Å². The van der Waals surface area contributed by atoms with E-state index in [1.807, 2.05) is 36.4 Å². The number of amides is 1. The smallest absolute Gasteiger partial charge is 0.227 e. The molecule has 1 aliphatic rings. The van der Waals surface area contributed by atoms with Gasteiger partial charge in [-0.1, -0.05) is 112 Å². The number of ether oxygens (including phenoxy) is 3. The predicted octanol–water partition coefficient (Wildman–Crippen LogP) is 11.6. The molecule has 0 unspecified atom stereocenters. The summed E-state index contributed by atoms with van der Waals surface area (Å²) in [5, 5.41) is 3.12. The van der Waals surface area contributed by atoms with Gasteiger partial charge < -0.3 is 28.4 Å². The minimum Gasteiger partial charge on any atom is -0.497 e. The molecule has 0 aromatic heterocycles. The van der Waals surface area contributed by atoms with Gasteiger partial charge in [-0.2, -0.15) is 0 Å². The summed E-state index contributed by atoms with van der Waals surface area (Å²) in [6.45, 7) is 30.4. The fourth-order valence-corrected chi connectivity index (χ4v) is 14.5. The minimum atomic E-state index is -2.28. The Morgan fingerprint density at radius 1 is 0.865 bits per heavy atom. The van der Waals surface area contributed by atoms with Gasteiger partial charge in [0.2, 0.25) is 14.2 Å².